The minimum atomic E-state index is -0.470. The van der Waals surface area contributed by atoms with E-state index in [1.165, 1.54) is 17.7 Å². The Bertz CT molecular complexity index is 649. The standard InChI is InChI=1S/C19H17FO/c1-15-2-4-16(5-3-15)10-12-19(21)13-11-17-6-8-18(14-20)9-7-17/h2-13H,14H2,1H3/b12-10+,13-11+. The molecule has 0 saturated heterocycles. The van der Waals surface area contributed by atoms with Gasteiger partial charge in [0.05, 0.1) is 0 Å². The van der Waals surface area contributed by atoms with Crippen LogP contribution in [-0.2, 0) is 11.5 Å². The van der Waals surface area contributed by atoms with Crippen LogP contribution in [0.2, 0.25) is 0 Å². The molecule has 0 aliphatic carbocycles. The van der Waals surface area contributed by atoms with Gasteiger partial charge in [0.25, 0.3) is 0 Å². The van der Waals surface area contributed by atoms with Gasteiger partial charge in [0.2, 0.25) is 0 Å². The molecular formula is C19H17FO. The Hall–Kier alpha value is -2.48. The second-order valence-corrected chi connectivity index (χ2v) is 4.85. The van der Waals surface area contributed by atoms with Crippen LogP contribution in [-0.4, -0.2) is 5.78 Å². The van der Waals surface area contributed by atoms with Gasteiger partial charge in [-0.1, -0.05) is 66.2 Å². The summed E-state index contributed by atoms with van der Waals surface area (Å²) in [5.41, 5.74) is 3.70. The summed E-state index contributed by atoms with van der Waals surface area (Å²) in [7, 11) is 0. The molecule has 0 radical (unpaired) electrons. The van der Waals surface area contributed by atoms with E-state index >= 15 is 0 Å². The molecular weight excluding hydrogens is 263 g/mol. The summed E-state index contributed by atoms with van der Waals surface area (Å²) in [5.74, 6) is -0.0786. The number of alkyl halides is 1. The van der Waals surface area contributed by atoms with Gasteiger partial charge in [0.1, 0.15) is 6.67 Å². The van der Waals surface area contributed by atoms with Crippen molar-refractivity contribution in [2.45, 2.75) is 13.6 Å². The first-order valence-corrected chi connectivity index (χ1v) is 6.79. The molecule has 0 amide bonds. The Morgan fingerprint density at radius 3 is 1.86 bits per heavy atom. The molecule has 0 bridgehead atoms. The van der Waals surface area contributed by atoms with Crippen LogP contribution in [0, 0.1) is 6.92 Å². The van der Waals surface area contributed by atoms with Crippen LogP contribution >= 0.6 is 0 Å². The van der Waals surface area contributed by atoms with Crippen molar-refractivity contribution in [3.63, 3.8) is 0 Å². The summed E-state index contributed by atoms with van der Waals surface area (Å²) in [4.78, 5) is 11.7. The van der Waals surface area contributed by atoms with Crippen LogP contribution in [0.15, 0.2) is 60.7 Å². The zero-order chi connectivity index (χ0) is 15.1. The Balaban J connectivity index is 1.96. The number of aryl methyl sites for hydroxylation is 1. The van der Waals surface area contributed by atoms with Crippen molar-refractivity contribution in [3.8, 4) is 0 Å². The molecule has 0 aromatic heterocycles. The number of benzene rings is 2. The Labute approximate surface area is 124 Å². The summed E-state index contributed by atoms with van der Waals surface area (Å²) < 4.78 is 12.4. The van der Waals surface area contributed by atoms with E-state index in [2.05, 4.69) is 0 Å². The molecule has 2 heteroatoms. The Morgan fingerprint density at radius 1 is 0.905 bits per heavy atom. The highest BCUT2D eigenvalue weighted by atomic mass is 19.1. The van der Waals surface area contributed by atoms with E-state index in [1.807, 2.05) is 31.2 Å². The fourth-order valence-electron chi connectivity index (χ4n) is 1.81. The molecule has 0 heterocycles. The highest BCUT2D eigenvalue weighted by molar-refractivity contribution is 6.04. The summed E-state index contributed by atoms with van der Waals surface area (Å²) in [6, 6.07) is 15.0. The fourth-order valence-corrected chi connectivity index (χ4v) is 1.81. The summed E-state index contributed by atoms with van der Waals surface area (Å²) in [6.45, 7) is 1.55. The van der Waals surface area contributed by atoms with Gasteiger partial charge in [0, 0.05) is 0 Å². The Kier molecular flexibility index (Phi) is 5.22. The highest BCUT2D eigenvalue weighted by Gasteiger charge is 1.93. The van der Waals surface area contributed by atoms with Crippen LogP contribution in [0.5, 0.6) is 0 Å². The second-order valence-electron chi connectivity index (χ2n) is 4.85. The maximum atomic E-state index is 12.4. The molecule has 0 fully saturated rings. The molecule has 2 aromatic carbocycles. The SMILES string of the molecule is Cc1ccc(/C=C/C(=O)/C=C/c2ccc(CF)cc2)cc1. The predicted octanol–water partition coefficient (Wildman–Crippen LogP) is 4.76. The van der Waals surface area contributed by atoms with E-state index in [4.69, 9.17) is 0 Å². The largest absolute Gasteiger partial charge is 0.290 e. The van der Waals surface area contributed by atoms with E-state index in [9.17, 15) is 9.18 Å². The Morgan fingerprint density at radius 2 is 1.38 bits per heavy atom. The van der Waals surface area contributed by atoms with E-state index in [1.54, 1.807) is 36.4 Å². The van der Waals surface area contributed by atoms with Gasteiger partial charge in [-0.05, 0) is 35.8 Å². The van der Waals surface area contributed by atoms with Gasteiger partial charge in [-0.2, -0.15) is 0 Å². The molecule has 0 saturated carbocycles. The van der Waals surface area contributed by atoms with Gasteiger partial charge < -0.3 is 0 Å². The van der Waals surface area contributed by atoms with Crippen LogP contribution in [0.4, 0.5) is 4.39 Å². The lowest BCUT2D eigenvalue weighted by Crippen LogP contribution is -1.85. The topological polar surface area (TPSA) is 17.1 Å². The normalized spacial score (nSPS) is 11.3. The first-order valence-electron chi connectivity index (χ1n) is 6.79. The molecule has 2 aromatic rings. The van der Waals surface area contributed by atoms with Crippen LogP contribution < -0.4 is 0 Å². The van der Waals surface area contributed by atoms with E-state index in [-0.39, 0.29) is 5.78 Å². The molecule has 0 aliphatic rings. The van der Waals surface area contributed by atoms with Gasteiger partial charge in [0.15, 0.2) is 5.78 Å². The third-order valence-corrected chi connectivity index (χ3v) is 3.09. The first kappa shape index (κ1) is 14.9. The van der Waals surface area contributed by atoms with Crippen LogP contribution in [0.25, 0.3) is 12.2 Å². The maximum Gasteiger partial charge on any atom is 0.178 e. The average Bonchev–Trinajstić information content (AvgIpc) is 2.53. The molecule has 0 spiro atoms. The summed E-state index contributed by atoms with van der Waals surface area (Å²) in [5, 5.41) is 0. The highest BCUT2D eigenvalue weighted by Crippen LogP contribution is 2.08. The van der Waals surface area contributed by atoms with Crippen LogP contribution in [0.1, 0.15) is 22.3 Å². The molecule has 1 nitrogen and oxygen atoms in total. The lowest BCUT2D eigenvalue weighted by molar-refractivity contribution is -0.110. The number of rotatable bonds is 5. The summed E-state index contributed by atoms with van der Waals surface area (Å²) in [6.07, 6.45) is 6.56. The van der Waals surface area contributed by atoms with Crippen molar-refractivity contribution in [2.24, 2.45) is 0 Å². The molecule has 2 rings (SSSR count). The second kappa shape index (κ2) is 7.34. The molecule has 0 aliphatic heterocycles. The van der Waals surface area contributed by atoms with Crippen molar-refractivity contribution < 1.29 is 9.18 Å². The smallest absolute Gasteiger partial charge is 0.178 e. The van der Waals surface area contributed by atoms with Crippen molar-refractivity contribution in [3.05, 3.63) is 82.9 Å². The third kappa shape index (κ3) is 4.84. The maximum absolute atomic E-state index is 12.4. The van der Waals surface area contributed by atoms with Gasteiger partial charge >= 0.3 is 0 Å². The minimum absolute atomic E-state index is 0.0786. The van der Waals surface area contributed by atoms with Gasteiger partial charge in [-0.3, -0.25) is 4.79 Å². The number of carbonyl (C=O) groups excluding carboxylic acids is 1. The zero-order valence-corrected chi connectivity index (χ0v) is 11.9. The summed E-state index contributed by atoms with van der Waals surface area (Å²) >= 11 is 0. The number of hydrogen-bond donors (Lipinski definition) is 0. The van der Waals surface area contributed by atoms with Gasteiger partial charge in [-0.25, -0.2) is 4.39 Å². The predicted molar refractivity (Wildman–Crippen MR) is 85.5 cm³/mol. The number of hydrogen-bond acceptors (Lipinski definition) is 1. The number of allylic oxidation sites excluding steroid dienone is 2. The lowest BCUT2D eigenvalue weighted by Gasteiger charge is -1.95. The van der Waals surface area contributed by atoms with Crippen molar-refractivity contribution in [1.82, 2.24) is 0 Å². The minimum Gasteiger partial charge on any atom is -0.290 e. The molecule has 106 valence electrons. The molecule has 21 heavy (non-hydrogen) atoms. The van der Waals surface area contributed by atoms with E-state index < -0.39 is 6.67 Å². The van der Waals surface area contributed by atoms with Crippen molar-refractivity contribution in [2.75, 3.05) is 0 Å². The molecule has 0 unspecified atom stereocenters. The van der Waals surface area contributed by atoms with E-state index in [0.29, 0.717) is 5.56 Å². The number of carbonyl (C=O) groups is 1. The average molecular weight is 280 g/mol. The van der Waals surface area contributed by atoms with Crippen molar-refractivity contribution in [1.29, 1.82) is 0 Å². The zero-order valence-electron chi connectivity index (χ0n) is 11.9. The monoisotopic (exact) mass is 280 g/mol. The number of ketones is 1. The first-order chi connectivity index (χ1) is 10.2. The lowest BCUT2D eigenvalue weighted by atomic mass is 10.1. The number of halogens is 1. The molecule has 0 atom stereocenters. The van der Waals surface area contributed by atoms with Crippen molar-refractivity contribution >= 4 is 17.9 Å². The fraction of sp³-hybridized carbons (Fsp3) is 0.105. The van der Waals surface area contributed by atoms with Gasteiger partial charge in [-0.15, -0.1) is 0 Å². The molecule has 0 N–H and O–H groups in total. The van der Waals surface area contributed by atoms with E-state index in [0.717, 1.165) is 11.1 Å². The third-order valence-electron chi connectivity index (χ3n) is 3.09. The van der Waals surface area contributed by atoms with Crippen LogP contribution in [0.3, 0.4) is 0 Å². The quantitative estimate of drug-likeness (QED) is 0.722.